The van der Waals surface area contributed by atoms with Gasteiger partial charge in [0.15, 0.2) is 0 Å². The molecular weight excluding hydrogens is 240 g/mol. The van der Waals surface area contributed by atoms with Crippen LogP contribution in [0.15, 0.2) is 36.5 Å². The van der Waals surface area contributed by atoms with Gasteiger partial charge in [0.25, 0.3) is 10.2 Å². The average molecular weight is 252 g/mol. The van der Waals surface area contributed by atoms with Crippen molar-refractivity contribution in [3.63, 3.8) is 0 Å². The summed E-state index contributed by atoms with van der Waals surface area (Å²) in [7, 11) is -3.64. The first-order chi connectivity index (χ1) is 8.04. The molecule has 1 heterocycles. The highest BCUT2D eigenvalue weighted by atomic mass is 32.2. The molecule has 0 aliphatic carbocycles. The maximum atomic E-state index is 10.7. The van der Waals surface area contributed by atoms with Crippen molar-refractivity contribution >= 4 is 10.2 Å². The van der Waals surface area contributed by atoms with Crippen LogP contribution in [0.1, 0.15) is 5.56 Å². The zero-order valence-electron chi connectivity index (χ0n) is 8.92. The number of nitrogens with two attached hydrogens (primary N) is 1. The lowest BCUT2D eigenvalue weighted by atomic mass is 10.1. The second-order valence-electron chi connectivity index (χ2n) is 3.53. The van der Waals surface area contributed by atoms with Crippen molar-refractivity contribution in [2.45, 2.75) is 6.54 Å². The van der Waals surface area contributed by atoms with Crippen LogP contribution in [0, 0.1) is 0 Å². The van der Waals surface area contributed by atoms with E-state index in [-0.39, 0.29) is 6.54 Å². The highest BCUT2D eigenvalue weighted by Crippen LogP contribution is 2.16. The highest BCUT2D eigenvalue weighted by Gasteiger charge is 2.02. The van der Waals surface area contributed by atoms with Gasteiger partial charge < -0.3 is 0 Å². The summed E-state index contributed by atoms with van der Waals surface area (Å²) in [5, 5.41) is 11.5. The highest BCUT2D eigenvalue weighted by molar-refractivity contribution is 7.87. The predicted octanol–water partition coefficient (Wildman–Crippen LogP) is 0.370. The standard InChI is InChI=1S/C10H12N4O2S/c11-17(15,16)13-7-8-1-3-9(4-2-8)10-5-6-12-14-10/h1-6,13H,7H2,(H,12,14)(H2,11,15,16). The van der Waals surface area contributed by atoms with Gasteiger partial charge in [-0.2, -0.15) is 18.2 Å². The Bertz CT molecular complexity index is 575. The van der Waals surface area contributed by atoms with Gasteiger partial charge in [-0.25, -0.2) is 5.14 Å². The number of H-pyrrole nitrogens is 1. The zero-order chi connectivity index (χ0) is 12.3. The van der Waals surface area contributed by atoms with Gasteiger partial charge in [-0.1, -0.05) is 24.3 Å². The molecule has 0 amide bonds. The van der Waals surface area contributed by atoms with Crippen LogP contribution in [-0.4, -0.2) is 18.6 Å². The number of nitrogens with one attached hydrogen (secondary N) is 2. The van der Waals surface area contributed by atoms with E-state index in [1.165, 1.54) is 0 Å². The Labute approximate surface area is 99.0 Å². The van der Waals surface area contributed by atoms with Crippen LogP contribution in [0.4, 0.5) is 0 Å². The molecule has 0 unspecified atom stereocenters. The Morgan fingerprint density at radius 3 is 2.47 bits per heavy atom. The summed E-state index contributed by atoms with van der Waals surface area (Å²) in [4.78, 5) is 0. The Morgan fingerprint density at radius 1 is 1.24 bits per heavy atom. The molecule has 17 heavy (non-hydrogen) atoms. The van der Waals surface area contributed by atoms with Crippen molar-refractivity contribution < 1.29 is 8.42 Å². The summed E-state index contributed by atoms with van der Waals surface area (Å²) in [6, 6.07) is 9.28. The molecule has 2 aromatic rings. The minimum atomic E-state index is -3.64. The molecule has 0 spiro atoms. The number of benzene rings is 1. The number of rotatable bonds is 4. The van der Waals surface area contributed by atoms with Crippen LogP contribution in [0.3, 0.4) is 0 Å². The molecule has 2 rings (SSSR count). The molecule has 6 nitrogen and oxygen atoms in total. The second kappa shape index (κ2) is 4.66. The first-order valence-electron chi connectivity index (χ1n) is 4.91. The van der Waals surface area contributed by atoms with Crippen molar-refractivity contribution in [1.82, 2.24) is 14.9 Å². The molecule has 7 heteroatoms. The molecular formula is C10H12N4O2S. The van der Waals surface area contributed by atoms with Crippen molar-refractivity contribution in [3.05, 3.63) is 42.1 Å². The summed E-state index contributed by atoms with van der Waals surface area (Å²) in [5.41, 5.74) is 2.74. The van der Waals surface area contributed by atoms with Gasteiger partial charge in [0, 0.05) is 12.7 Å². The Balaban J connectivity index is 2.09. The lowest BCUT2D eigenvalue weighted by Gasteiger charge is -2.03. The molecule has 1 aromatic heterocycles. The summed E-state index contributed by atoms with van der Waals surface area (Å²) in [5.74, 6) is 0. The molecule has 0 saturated heterocycles. The van der Waals surface area contributed by atoms with Gasteiger partial charge in [0.1, 0.15) is 0 Å². The third-order valence-electron chi connectivity index (χ3n) is 2.24. The lowest BCUT2D eigenvalue weighted by molar-refractivity contribution is 0.583. The molecule has 0 radical (unpaired) electrons. The van der Waals surface area contributed by atoms with E-state index in [0.29, 0.717) is 0 Å². The van der Waals surface area contributed by atoms with Crippen molar-refractivity contribution in [2.75, 3.05) is 0 Å². The third kappa shape index (κ3) is 3.38. The van der Waals surface area contributed by atoms with Crippen LogP contribution in [0.5, 0.6) is 0 Å². The summed E-state index contributed by atoms with van der Waals surface area (Å²) >= 11 is 0. The van der Waals surface area contributed by atoms with Gasteiger partial charge in [-0.3, -0.25) is 5.10 Å². The normalized spacial score (nSPS) is 11.6. The molecule has 0 bridgehead atoms. The van der Waals surface area contributed by atoms with Crippen LogP contribution in [-0.2, 0) is 16.8 Å². The summed E-state index contributed by atoms with van der Waals surface area (Å²) in [6.45, 7) is 0.183. The monoisotopic (exact) mass is 252 g/mol. The molecule has 0 aliphatic heterocycles. The van der Waals surface area contributed by atoms with Crippen molar-refractivity contribution in [2.24, 2.45) is 5.14 Å². The second-order valence-corrected chi connectivity index (χ2v) is 4.91. The lowest BCUT2D eigenvalue weighted by Crippen LogP contribution is -2.30. The van der Waals surface area contributed by atoms with Crippen LogP contribution < -0.4 is 9.86 Å². The van der Waals surface area contributed by atoms with E-state index < -0.39 is 10.2 Å². The van der Waals surface area contributed by atoms with E-state index in [1.807, 2.05) is 30.3 Å². The van der Waals surface area contributed by atoms with E-state index in [1.54, 1.807) is 6.20 Å². The van der Waals surface area contributed by atoms with E-state index in [9.17, 15) is 8.42 Å². The zero-order valence-corrected chi connectivity index (χ0v) is 9.74. The van der Waals surface area contributed by atoms with Gasteiger partial charge >= 0.3 is 0 Å². The van der Waals surface area contributed by atoms with Gasteiger partial charge in [-0.15, -0.1) is 0 Å². The van der Waals surface area contributed by atoms with Gasteiger partial charge in [-0.05, 0) is 17.2 Å². The van der Waals surface area contributed by atoms with Gasteiger partial charge in [0.05, 0.1) is 5.69 Å². The van der Waals surface area contributed by atoms with E-state index in [2.05, 4.69) is 14.9 Å². The Hall–Kier alpha value is -1.70. The molecule has 4 N–H and O–H groups in total. The van der Waals surface area contributed by atoms with Crippen LogP contribution >= 0.6 is 0 Å². The largest absolute Gasteiger partial charge is 0.278 e. The summed E-state index contributed by atoms with van der Waals surface area (Å²) < 4.78 is 23.6. The smallest absolute Gasteiger partial charge is 0.274 e. The summed E-state index contributed by atoms with van der Waals surface area (Å²) in [6.07, 6.45) is 1.67. The van der Waals surface area contributed by atoms with Crippen molar-refractivity contribution in [3.8, 4) is 11.3 Å². The predicted molar refractivity (Wildman–Crippen MR) is 64.0 cm³/mol. The van der Waals surface area contributed by atoms with E-state index in [4.69, 9.17) is 5.14 Å². The van der Waals surface area contributed by atoms with E-state index in [0.717, 1.165) is 16.8 Å². The minimum absolute atomic E-state index is 0.183. The number of nitrogens with zero attached hydrogens (tertiary/aromatic N) is 1. The number of hydrogen-bond acceptors (Lipinski definition) is 3. The fourth-order valence-corrected chi connectivity index (χ4v) is 1.77. The first-order valence-corrected chi connectivity index (χ1v) is 6.45. The molecule has 1 aromatic carbocycles. The minimum Gasteiger partial charge on any atom is -0.278 e. The third-order valence-corrected chi connectivity index (χ3v) is 2.79. The molecule has 0 aliphatic rings. The number of hydrogen-bond donors (Lipinski definition) is 3. The van der Waals surface area contributed by atoms with Crippen LogP contribution in [0.25, 0.3) is 11.3 Å². The molecule has 0 atom stereocenters. The van der Waals surface area contributed by atoms with E-state index >= 15 is 0 Å². The average Bonchev–Trinajstić information content (AvgIpc) is 2.79. The SMILES string of the molecule is NS(=O)(=O)NCc1ccc(-c2ccn[nH]2)cc1. The first kappa shape index (κ1) is 11.8. The topological polar surface area (TPSA) is 101 Å². The number of aromatic amines is 1. The Morgan fingerprint density at radius 2 is 1.94 bits per heavy atom. The van der Waals surface area contributed by atoms with Crippen LogP contribution in [0.2, 0.25) is 0 Å². The quantitative estimate of drug-likeness (QED) is 0.732. The maximum Gasteiger partial charge on any atom is 0.274 e. The fourth-order valence-electron chi connectivity index (χ4n) is 1.40. The fraction of sp³-hybridized carbons (Fsp3) is 0.100. The molecule has 0 fully saturated rings. The maximum absolute atomic E-state index is 10.7. The molecule has 90 valence electrons. The van der Waals surface area contributed by atoms with Gasteiger partial charge in [0.2, 0.25) is 0 Å². The van der Waals surface area contributed by atoms with Crippen molar-refractivity contribution in [1.29, 1.82) is 0 Å². The number of aromatic nitrogens is 2. The molecule has 0 saturated carbocycles. The Kier molecular flexibility index (Phi) is 3.23.